The van der Waals surface area contributed by atoms with Crippen molar-refractivity contribution in [1.82, 2.24) is 0 Å². The lowest BCUT2D eigenvalue weighted by molar-refractivity contribution is 0.859. The molecule has 2 rings (SSSR count). The second-order valence-electron chi connectivity index (χ2n) is 4.49. The van der Waals surface area contributed by atoms with Crippen LogP contribution in [0.5, 0.6) is 0 Å². The summed E-state index contributed by atoms with van der Waals surface area (Å²) in [5, 5.41) is 0.717. The first kappa shape index (κ1) is 13.6. The average Bonchev–Trinajstić information content (AvgIpc) is 2.33. The molecule has 1 unspecified atom stereocenters. The first-order valence-corrected chi connectivity index (χ1v) is 6.94. The van der Waals surface area contributed by atoms with Crippen LogP contribution in [-0.2, 0) is 0 Å². The van der Waals surface area contributed by atoms with Gasteiger partial charge in [0.25, 0.3) is 0 Å². The van der Waals surface area contributed by atoms with Crippen LogP contribution < -0.4 is 5.73 Å². The topological polar surface area (TPSA) is 26.0 Å². The van der Waals surface area contributed by atoms with E-state index >= 15 is 0 Å². The summed E-state index contributed by atoms with van der Waals surface area (Å²) in [4.78, 5) is 0. The summed E-state index contributed by atoms with van der Waals surface area (Å²) < 4.78 is 1.11. The van der Waals surface area contributed by atoms with E-state index in [2.05, 4.69) is 41.9 Å². The van der Waals surface area contributed by atoms with Gasteiger partial charge in [-0.05, 0) is 54.3 Å². The molecule has 0 aliphatic carbocycles. The van der Waals surface area contributed by atoms with Crippen molar-refractivity contribution in [2.24, 2.45) is 5.73 Å². The van der Waals surface area contributed by atoms with E-state index in [1.54, 1.807) is 0 Å². The van der Waals surface area contributed by atoms with Gasteiger partial charge in [-0.3, -0.25) is 0 Å². The minimum atomic E-state index is -0.143. The van der Waals surface area contributed by atoms with Gasteiger partial charge in [-0.2, -0.15) is 0 Å². The predicted molar refractivity (Wildman–Crippen MR) is 81.1 cm³/mol. The summed E-state index contributed by atoms with van der Waals surface area (Å²) in [6, 6.07) is 11.8. The van der Waals surface area contributed by atoms with Gasteiger partial charge in [0.1, 0.15) is 0 Å². The van der Waals surface area contributed by atoms with Crippen molar-refractivity contribution in [2.45, 2.75) is 19.9 Å². The monoisotopic (exact) mass is 323 g/mol. The second kappa shape index (κ2) is 5.43. The van der Waals surface area contributed by atoms with Crippen molar-refractivity contribution in [3.63, 3.8) is 0 Å². The highest BCUT2D eigenvalue weighted by atomic mass is 79.9. The quantitative estimate of drug-likeness (QED) is 0.846. The third-order valence-corrected chi connectivity index (χ3v) is 4.18. The van der Waals surface area contributed by atoms with Crippen LogP contribution >= 0.6 is 27.5 Å². The Hall–Kier alpha value is -0.830. The Bertz CT molecular complexity index is 581. The van der Waals surface area contributed by atoms with Gasteiger partial charge in [-0.15, -0.1) is 0 Å². The molecule has 2 aromatic rings. The Morgan fingerprint density at radius 3 is 2.50 bits per heavy atom. The lowest BCUT2D eigenvalue weighted by Gasteiger charge is -2.17. The molecule has 0 radical (unpaired) electrons. The zero-order valence-electron chi connectivity index (χ0n) is 10.4. The molecule has 0 aliphatic rings. The molecule has 0 bridgehead atoms. The minimum Gasteiger partial charge on any atom is -0.320 e. The largest absolute Gasteiger partial charge is 0.320 e. The van der Waals surface area contributed by atoms with Crippen molar-refractivity contribution in [3.05, 3.63) is 68.1 Å². The van der Waals surface area contributed by atoms with E-state index in [0.717, 1.165) is 20.6 Å². The van der Waals surface area contributed by atoms with E-state index in [9.17, 15) is 0 Å². The number of nitrogens with two attached hydrogens (primary N) is 1. The Kier molecular flexibility index (Phi) is 4.10. The van der Waals surface area contributed by atoms with E-state index in [-0.39, 0.29) is 6.04 Å². The summed E-state index contributed by atoms with van der Waals surface area (Å²) in [5.74, 6) is 0. The Balaban J connectivity index is 2.46. The van der Waals surface area contributed by atoms with E-state index in [1.807, 2.05) is 24.3 Å². The van der Waals surface area contributed by atoms with Crippen LogP contribution in [0.15, 0.2) is 40.9 Å². The maximum absolute atomic E-state index is 6.33. The molecule has 0 aliphatic heterocycles. The first-order chi connectivity index (χ1) is 8.49. The number of hydrogen-bond donors (Lipinski definition) is 1. The number of benzene rings is 2. The fourth-order valence-electron chi connectivity index (χ4n) is 2.02. The van der Waals surface area contributed by atoms with Gasteiger partial charge in [-0.25, -0.2) is 0 Å². The Morgan fingerprint density at radius 1 is 1.11 bits per heavy atom. The van der Waals surface area contributed by atoms with Crippen molar-refractivity contribution in [3.8, 4) is 0 Å². The summed E-state index contributed by atoms with van der Waals surface area (Å²) in [6.45, 7) is 4.14. The maximum Gasteiger partial charge on any atom is 0.0554 e. The lowest BCUT2D eigenvalue weighted by Crippen LogP contribution is -2.13. The molecule has 1 nitrogen and oxygen atoms in total. The molecule has 2 aromatic carbocycles. The molecule has 0 spiro atoms. The van der Waals surface area contributed by atoms with Crippen molar-refractivity contribution < 1.29 is 0 Å². The molecular formula is C15H15BrClN. The van der Waals surface area contributed by atoms with Gasteiger partial charge < -0.3 is 5.73 Å². The minimum absolute atomic E-state index is 0.143. The van der Waals surface area contributed by atoms with Gasteiger partial charge in [0.05, 0.1) is 6.04 Å². The second-order valence-corrected chi connectivity index (χ2v) is 5.78. The van der Waals surface area contributed by atoms with Gasteiger partial charge >= 0.3 is 0 Å². The molecule has 3 heteroatoms. The molecule has 0 amide bonds. The fourth-order valence-corrected chi connectivity index (χ4v) is 2.67. The average molecular weight is 325 g/mol. The number of hydrogen-bond acceptors (Lipinski definition) is 1. The predicted octanol–water partition coefficient (Wildman–Crippen LogP) is 4.77. The van der Waals surface area contributed by atoms with E-state index in [4.69, 9.17) is 17.3 Å². The van der Waals surface area contributed by atoms with Gasteiger partial charge in [0.2, 0.25) is 0 Å². The van der Waals surface area contributed by atoms with E-state index in [0.29, 0.717) is 0 Å². The molecule has 0 saturated heterocycles. The normalized spacial score (nSPS) is 12.5. The maximum atomic E-state index is 6.33. The van der Waals surface area contributed by atoms with E-state index in [1.165, 1.54) is 11.1 Å². The SMILES string of the molecule is Cc1cc(C(N)c2cccc(Cl)c2)c(C)cc1Br. The molecule has 0 saturated carbocycles. The third-order valence-electron chi connectivity index (χ3n) is 3.09. The molecule has 0 heterocycles. The van der Waals surface area contributed by atoms with Gasteiger partial charge in [0, 0.05) is 9.50 Å². The lowest BCUT2D eigenvalue weighted by atomic mass is 9.94. The van der Waals surface area contributed by atoms with Crippen LogP contribution in [-0.4, -0.2) is 0 Å². The van der Waals surface area contributed by atoms with Crippen LogP contribution in [0.3, 0.4) is 0 Å². The van der Waals surface area contributed by atoms with Crippen molar-refractivity contribution in [1.29, 1.82) is 0 Å². The van der Waals surface area contributed by atoms with Crippen molar-refractivity contribution in [2.75, 3.05) is 0 Å². The van der Waals surface area contributed by atoms with Crippen LogP contribution in [0, 0.1) is 13.8 Å². The standard InChI is InChI=1S/C15H15BrClN/c1-9-7-14(16)10(2)6-13(9)15(18)11-4-3-5-12(17)8-11/h3-8,15H,18H2,1-2H3. The smallest absolute Gasteiger partial charge is 0.0554 e. The zero-order valence-corrected chi connectivity index (χ0v) is 12.7. The molecular weight excluding hydrogens is 310 g/mol. The zero-order chi connectivity index (χ0) is 13.3. The fraction of sp³-hybridized carbons (Fsp3) is 0.200. The molecule has 94 valence electrons. The summed E-state index contributed by atoms with van der Waals surface area (Å²) in [7, 11) is 0. The molecule has 0 aromatic heterocycles. The third kappa shape index (κ3) is 2.77. The summed E-state index contributed by atoms with van der Waals surface area (Å²) in [6.07, 6.45) is 0. The number of aryl methyl sites for hydroxylation is 2. The first-order valence-electron chi connectivity index (χ1n) is 5.76. The van der Waals surface area contributed by atoms with Crippen LogP contribution in [0.4, 0.5) is 0 Å². The molecule has 0 fully saturated rings. The van der Waals surface area contributed by atoms with Crippen LogP contribution in [0.1, 0.15) is 28.3 Å². The highest BCUT2D eigenvalue weighted by Gasteiger charge is 2.13. The molecule has 1 atom stereocenters. The Morgan fingerprint density at radius 2 is 1.83 bits per heavy atom. The van der Waals surface area contributed by atoms with E-state index < -0.39 is 0 Å². The highest BCUT2D eigenvalue weighted by molar-refractivity contribution is 9.10. The summed E-state index contributed by atoms with van der Waals surface area (Å²) >= 11 is 9.54. The Labute approximate surface area is 121 Å². The molecule has 18 heavy (non-hydrogen) atoms. The van der Waals surface area contributed by atoms with Crippen LogP contribution in [0.2, 0.25) is 5.02 Å². The number of halogens is 2. The van der Waals surface area contributed by atoms with Crippen LogP contribution in [0.25, 0.3) is 0 Å². The van der Waals surface area contributed by atoms with Gasteiger partial charge in [0.15, 0.2) is 0 Å². The summed E-state index contributed by atoms with van der Waals surface area (Å²) in [5.41, 5.74) is 10.9. The van der Waals surface area contributed by atoms with Crippen molar-refractivity contribution >= 4 is 27.5 Å². The number of rotatable bonds is 2. The highest BCUT2D eigenvalue weighted by Crippen LogP contribution is 2.28. The molecule has 2 N–H and O–H groups in total. The van der Waals surface area contributed by atoms with Gasteiger partial charge in [-0.1, -0.05) is 45.7 Å².